The third-order valence-corrected chi connectivity index (χ3v) is 4.02. The topological polar surface area (TPSA) is 47.6 Å². The van der Waals surface area contributed by atoms with E-state index in [-0.39, 0.29) is 12.1 Å². The quantitative estimate of drug-likeness (QED) is 0.753. The summed E-state index contributed by atoms with van der Waals surface area (Å²) >= 11 is 0. The number of likely N-dealkylation sites (N-methyl/N-ethyl adjacent to an activating group) is 1. The van der Waals surface area contributed by atoms with Crippen LogP contribution in [-0.4, -0.2) is 37.9 Å². The zero-order valence-corrected chi connectivity index (χ0v) is 13.0. The molecule has 1 aliphatic rings. The largest absolute Gasteiger partial charge is 0.465 e. The summed E-state index contributed by atoms with van der Waals surface area (Å²) in [6.45, 7) is 8.96. The molecule has 1 rings (SSSR count). The van der Waals surface area contributed by atoms with Crippen LogP contribution in [0.4, 0.5) is 0 Å². The first kappa shape index (κ1) is 16.4. The number of ether oxygens (including phenoxy) is 2. The van der Waals surface area contributed by atoms with Crippen LogP contribution in [0.1, 0.15) is 47.0 Å². The highest BCUT2D eigenvalue weighted by atomic mass is 16.5. The van der Waals surface area contributed by atoms with Gasteiger partial charge in [0.1, 0.15) is 5.54 Å². The molecule has 0 radical (unpaired) electrons. The third kappa shape index (κ3) is 4.77. The van der Waals surface area contributed by atoms with Crippen molar-refractivity contribution in [3.8, 4) is 0 Å². The highest BCUT2D eigenvalue weighted by molar-refractivity contribution is 5.80. The summed E-state index contributed by atoms with van der Waals surface area (Å²) < 4.78 is 11.1. The summed E-state index contributed by atoms with van der Waals surface area (Å²) in [5, 5.41) is 3.03. The lowest BCUT2D eigenvalue weighted by Gasteiger charge is -2.34. The molecule has 1 aliphatic carbocycles. The Morgan fingerprint density at radius 3 is 2.32 bits per heavy atom. The monoisotopic (exact) mass is 271 g/mol. The molecule has 3 unspecified atom stereocenters. The summed E-state index contributed by atoms with van der Waals surface area (Å²) in [5.74, 6) is 1.17. The molecule has 1 fully saturated rings. The summed E-state index contributed by atoms with van der Waals surface area (Å²) in [6.07, 6.45) is 3.72. The first-order valence-corrected chi connectivity index (χ1v) is 7.39. The van der Waals surface area contributed by atoms with Gasteiger partial charge in [0, 0.05) is 0 Å². The van der Waals surface area contributed by atoms with Gasteiger partial charge in [-0.2, -0.15) is 0 Å². The molecule has 0 aromatic carbocycles. The van der Waals surface area contributed by atoms with E-state index in [2.05, 4.69) is 19.2 Å². The van der Waals surface area contributed by atoms with Crippen LogP contribution in [0, 0.1) is 11.8 Å². The van der Waals surface area contributed by atoms with Crippen molar-refractivity contribution in [3.05, 3.63) is 0 Å². The Morgan fingerprint density at radius 1 is 1.26 bits per heavy atom. The van der Waals surface area contributed by atoms with E-state index < -0.39 is 5.54 Å². The molecule has 0 amide bonds. The molecule has 4 nitrogen and oxygen atoms in total. The molecule has 0 aromatic rings. The maximum Gasteiger partial charge on any atom is 0.328 e. The Morgan fingerprint density at radius 2 is 1.84 bits per heavy atom. The van der Waals surface area contributed by atoms with Crippen molar-refractivity contribution in [1.82, 2.24) is 5.32 Å². The number of rotatable bonds is 6. The van der Waals surface area contributed by atoms with Crippen LogP contribution < -0.4 is 5.32 Å². The highest BCUT2D eigenvalue weighted by Crippen LogP contribution is 2.30. The molecule has 1 saturated carbocycles. The van der Waals surface area contributed by atoms with Gasteiger partial charge in [-0.1, -0.05) is 13.8 Å². The molecule has 0 spiro atoms. The van der Waals surface area contributed by atoms with Crippen molar-refractivity contribution in [1.29, 1.82) is 0 Å². The van der Waals surface area contributed by atoms with E-state index in [4.69, 9.17) is 9.47 Å². The number of carbonyl (C=O) groups is 1. The minimum atomic E-state index is -0.750. The Bertz CT molecular complexity index is 285. The predicted octanol–water partition coefficient (Wildman–Crippen LogP) is 2.37. The van der Waals surface area contributed by atoms with E-state index in [1.165, 1.54) is 6.42 Å². The molecule has 112 valence electrons. The Balaban J connectivity index is 2.50. The first-order valence-electron chi connectivity index (χ1n) is 7.39. The minimum Gasteiger partial charge on any atom is -0.465 e. The van der Waals surface area contributed by atoms with Gasteiger partial charge in [-0.05, 0) is 52.0 Å². The summed E-state index contributed by atoms with van der Waals surface area (Å²) in [6, 6.07) is 0. The molecule has 1 N–H and O–H groups in total. The average Bonchev–Trinajstić information content (AvgIpc) is 2.35. The van der Waals surface area contributed by atoms with E-state index in [0.717, 1.165) is 12.8 Å². The maximum atomic E-state index is 11.9. The van der Waals surface area contributed by atoms with Gasteiger partial charge in [0.2, 0.25) is 0 Å². The van der Waals surface area contributed by atoms with Crippen LogP contribution in [0.5, 0.6) is 0 Å². The molecule has 0 heterocycles. The minimum absolute atomic E-state index is 0.241. The maximum absolute atomic E-state index is 11.9. The second-order valence-electron chi connectivity index (χ2n) is 6.15. The molecule has 0 saturated heterocycles. The van der Waals surface area contributed by atoms with Gasteiger partial charge in [-0.15, -0.1) is 0 Å². The number of carbonyl (C=O) groups excluding carboxylic acids is 1. The van der Waals surface area contributed by atoms with Crippen LogP contribution in [0.15, 0.2) is 0 Å². The summed E-state index contributed by atoms with van der Waals surface area (Å²) in [4.78, 5) is 11.9. The van der Waals surface area contributed by atoms with E-state index in [1.807, 2.05) is 13.8 Å². The Hall–Kier alpha value is -0.610. The van der Waals surface area contributed by atoms with E-state index in [1.54, 1.807) is 7.05 Å². The smallest absolute Gasteiger partial charge is 0.328 e. The van der Waals surface area contributed by atoms with Gasteiger partial charge in [0.05, 0.1) is 19.3 Å². The molecule has 0 aromatic heterocycles. The molecule has 19 heavy (non-hydrogen) atoms. The third-order valence-electron chi connectivity index (χ3n) is 4.02. The second kappa shape index (κ2) is 7.25. The lowest BCUT2D eigenvalue weighted by molar-refractivity contribution is -0.154. The van der Waals surface area contributed by atoms with Crippen LogP contribution in [0.3, 0.4) is 0 Å². The van der Waals surface area contributed by atoms with Gasteiger partial charge >= 0.3 is 5.97 Å². The zero-order chi connectivity index (χ0) is 14.5. The molecule has 4 heteroatoms. The molecule has 3 atom stereocenters. The Labute approximate surface area is 117 Å². The highest BCUT2D eigenvalue weighted by Gasteiger charge is 2.35. The lowest BCUT2D eigenvalue weighted by atomic mass is 9.81. The molecular formula is C15H29NO3. The average molecular weight is 271 g/mol. The van der Waals surface area contributed by atoms with E-state index >= 15 is 0 Å². The number of nitrogens with one attached hydrogen (secondary N) is 1. The van der Waals surface area contributed by atoms with Crippen LogP contribution in [0.25, 0.3) is 0 Å². The van der Waals surface area contributed by atoms with Crippen molar-refractivity contribution >= 4 is 5.97 Å². The van der Waals surface area contributed by atoms with Gasteiger partial charge in [0.15, 0.2) is 0 Å². The number of esters is 1. The fourth-order valence-corrected chi connectivity index (χ4v) is 2.82. The van der Waals surface area contributed by atoms with Crippen LogP contribution >= 0.6 is 0 Å². The van der Waals surface area contributed by atoms with Crippen molar-refractivity contribution in [2.45, 2.75) is 58.6 Å². The standard InChI is InChI=1S/C15H29NO3/c1-6-18-14(17)15(4,16-5)10-19-13-8-11(2)7-12(3)9-13/h11-13,16H,6-10H2,1-5H3. The van der Waals surface area contributed by atoms with E-state index in [9.17, 15) is 4.79 Å². The normalized spacial score (nSPS) is 30.7. The van der Waals surface area contributed by atoms with Crippen LogP contribution in [0.2, 0.25) is 0 Å². The van der Waals surface area contributed by atoms with Crippen molar-refractivity contribution in [3.63, 3.8) is 0 Å². The number of hydrogen-bond donors (Lipinski definition) is 1. The summed E-state index contributed by atoms with van der Waals surface area (Å²) in [7, 11) is 1.77. The predicted molar refractivity (Wildman–Crippen MR) is 76.0 cm³/mol. The van der Waals surface area contributed by atoms with E-state index in [0.29, 0.717) is 25.0 Å². The van der Waals surface area contributed by atoms with Gasteiger partial charge in [0.25, 0.3) is 0 Å². The number of hydrogen-bond acceptors (Lipinski definition) is 4. The molecule has 0 aliphatic heterocycles. The fraction of sp³-hybridized carbons (Fsp3) is 0.933. The fourth-order valence-electron chi connectivity index (χ4n) is 2.82. The summed E-state index contributed by atoms with van der Waals surface area (Å²) in [5.41, 5.74) is -0.750. The van der Waals surface area contributed by atoms with Crippen molar-refractivity contribution in [2.24, 2.45) is 11.8 Å². The van der Waals surface area contributed by atoms with Crippen molar-refractivity contribution in [2.75, 3.05) is 20.3 Å². The van der Waals surface area contributed by atoms with Crippen molar-refractivity contribution < 1.29 is 14.3 Å². The zero-order valence-electron chi connectivity index (χ0n) is 13.0. The second-order valence-corrected chi connectivity index (χ2v) is 6.15. The van der Waals surface area contributed by atoms with Gasteiger partial charge < -0.3 is 14.8 Å². The van der Waals surface area contributed by atoms with Gasteiger partial charge in [-0.3, -0.25) is 0 Å². The van der Waals surface area contributed by atoms with Crippen LogP contribution in [-0.2, 0) is 14.3 Å². The lowest BCUT2D eigenvalue weighted by Crippen LogP contribution is -2.53. The molecular weight excluding hydrogens is 242 g/mol. The SMILES string of the molecule is CCOC(=O)C(C)(COC1CC(C)CC(C)C1)NC. The van der Waals surface area contributed by atoms with Gasteiger partial charge in [-0.25, -0.2) is 4.79 Å². The first-order chi connectivity index (χ1) is 8.91. The Kier molecular flexibility index (Phi) is 6.27. The molecule has 0 bridgehead atoms.